The Hall–Kier alpha value is -2.60. The summed E-state index contributed by atoms with van der Waals surface area (Å²) in [6.45, 7) is 1.86. The Bertz CT molecular complexity index is 940. The van der Waals surface area contributed by atoms with E-state index in [-0.39, 0.29) is 11.3 Å². The van der Waals surface area contributed by atoms with Gasteiger partial charge < -0.3 is 15.0 Å². The van der Waals surface area contributed by atoms with Crippen LogP contribution in [-0.2, 0) is 7.05 Å². The van der Waals surface area contributed by atoms with E-state index in [1.807, 2.05) is 19.1 Å². The van der Waals surface area contributed by atoms with Gasteiger partial charge in [-0.2, -0.15) is 0 Å². The standard InChI is InChI=1S/C16H14N2O3S/c1-9-5-3-4-6-10(9)17-15(20)12-13(19)14-11(7-8-22-14)18(2)16(12)21/h3-8,19H,1-2H3,(H,17,20). The Balaban J connectivity index is 2.12. The molecule has 2 heterocycles. The van der Waals surface area contributed by atoms with Crippen LogP contribution in [-0.4, -0.2) is 15.6 Å². The topological polar surface area (TPSA) is 71.3 Å². The molecule has 0 atom stereocenters. The van der Waals surface area contributed by atoms with E-state index in [1.165, 1.54) is 15.9 Å². The summed E-state index contributed by atoms with van der Waals surface area (Å²) >= 11 is 1.29. The second-order valence-electron chi connectivity index (χ2n) is 4.99. The zero-order valence-corrected chi connectivity index (χ0v) is 12.9. The maximum atomic E-state index is 12.4. The molecule has 3 rings (SSSR count). The lowest BCUT2D eigenvalue weighted by atomic mass is 10.1. The third-order valence-corrected chi connectivity index (χ3v) is 4.51. The highest BCUT2D eigenvalue weighted by Gasteiger charge is 2.22. The minimum atomic E-state index is -0.609. The van der Waals surface area contributed by atoms with Crippen molar-refractivity contribution in [3.8, 4) is 5.75 Å². The second kappa shape index (κ2) is 5.31. The lowest BCUT2D eigenvalue weighted by molar-refractivity contribution is 0.102. The first-order chi connectivity index (χ1) is 10.5. The Morgan fingerprint density at radius 3 is 2.73 bits per heavy atom. The predicted octanol–water partition coefficient (Wildman–Crippen LogP) is 2.87. The van der Waals surface area contributed by atoms with E-state index < -0.39 is 11.5 Å². The molecule has 1 aromatic carbocycles. The van der Waals surface area contributed by atoms with Gasteiger partial charge in [-0.3, -0.25) is 9.59 Å². The molecule has 0 saturated carbocycles. The summed E-state index contributed by atoms with van der Waals surface area (Å²) in [5, 5.41) is 14.8. The molecule has 0 fully saturated rings. The highest BCUT2D eigenvalue weighted by molar-refractivity contribution is 7.17. The number of nitrogens with one attached hydrogen (secondary N) is 1. The van der Waals surface area contributed by atoms with Gasteiger partial charge in [0.2, 0.25) is 0 Å². The van der Waals surface area contributed by atoms with Crippen molar-refractivity contribution in [2.45, 2.75) is 6.92 Å². The third kappa shape index (κ3) is 2.17. The summed E-state index contributed by atoms with van der Waals surface area (Å²) in [5.41, 5.74) is 1.35. The van der Waals surface area contributed by atoms with Crippen LogP contribution in [0.4, 0.5) is 5.69 Å². The molecule has 3 aromatic rings. The van der Waals surface area contributed by atoms with Crippen molar-refractivity contribution < 1.29 is 9.90 Å². The summed E-state index contributed by atoms with van der Waals surface area (Å²) in [6, 6.07) is 9.00. The van der Waals surface area contributed by atoms with Crippen LogP contribution >= 0.6 is 11.3 Å². The van der Waals surface area contributed by atoms with Gasteiger partial charge in [0.25, 0.3) is 11.5 Å². The van der Waals surface area contributed by atoms with Crippen LogP contribution in [0.15, 0.2) is 40.5 Å². The molecule has 0 bridgehead atoms. The van der Waals surface area contributed by atoms with Crippen LogP contribution in [0.25, 0.3) is 10.2 Å². The van der Waals surface area contributed by atoms with E-state index in [1.54, 1.807) is 30.6 Å². The molecule has 0 saturated heterocycles. The van der Waals surface area contributed by atoms with Crippen molar-refractivity contribution in [1.29, 1.82) is 0 Å². The van der Waals surface area contributed by atoms with Gasteiger partial charge in [0.05, 0.1) is 10.2 Å². The minimum absolute atomic E-state index is 0.235. The smallest absolute Gasteiger partial charge is 0.267 e. The number of hydrogen-bond acceptors (Lipinski definition) is 4. The van der Waals surface area contributed by atoms with Gasteiger partial charge in [0, 0.05) is 12.7 Å². The molecule has 5 nitrogen and oxygen atoms in total. The molecular formula is C16H14N2O3S. The monoisotopic (exact) mass is 314 g/mol. The number of carbonyl (C=O) groups excluding carboxylic acids is 1. The number of amides is 1. The lowest BCUT2D eigenvalue weighted by Gasteiger charge is -2.11. The lowest BCUT2D eigenvalue weighted by Crippen LogP contribution is -2.28. The molecule has 112 valence electrons. The number of hydrogen-bond donors (Lipinski definition) is 2. The van der Waals surface area contributed by atoms with Gasteiger partial charge in [-0.1, -0.05) is 18.2 Å². The van der Waals surface area contributed by atoms with Crippen molar-refractivity contribution in [2.24, 2.45) is 7.05 Å². The normalized spacial score (nSPS) is 10.8. The number of para-hydroxylation sites is 1. The van der Waals surface area contributed by atoms with Crippen molar-refractivity contribution >= 4 is 33.1 Å². The van der Waals surface area contributed by atoms with Gasteiger partial charge in [-0.05, 0) is 30.0 Å². The minimum Gasteiger partial charge on any atom is -0.505 e. The summed E-state index contributed by atoms with van der Waals surface area (Å²) in [4.78, 5) is 24.8. The number of anilines is 1. The number of pyridine rings is 1. The van der Waals surface area contributed by atoms with E-state index >= 15 is 0 Å². The first-order valence-electron chi connectivity index (χ1n) is 6.67. The average molecular weight is 314 g/mol. The first kappa shape index (κ1) is 14.3. The quantitative estimate of drug-likeness (QED) is 0.764. The molecular weight excluding hydrogens is 300 g/mol. The Morgan fingerprint density at radius 2 is 2.00 bits per heavy atom. The SMILES string of the molecule is Cc1ccccc1NC(=O)c1c(O)c2sccc2n(C)c1=O. The molecule has 0 spiro atoms. The number of fused-ring (bicyclic) bond motifs is 1. The molecule has 0 aliphatic heterocycles. The van der Waals surface area contributed by atoms with Gasteiger partial charge in [0.1, 0.15) is 5.56 Å². The van der Waals surface area contributed by atoms with Crippen molar-refractivity contribution in [2.75, 3.05) is 5.32 Å². The molecule has 0 aliphatic rings. The van der Waals surface area contributed by atoms with Crippen LogP contribution in [0.3, 0.4) is 0 Å². The fourth-order valence-corrected chi connectivity index (χ4v) is 3.21. The van der Waals surface area contributed by atoms with Gasteiger partial charge in [-0.25, -0.2) is 0 Å². The van der Waals surface area contributed by atoms with Crippen LogP contribution in [0.2, 0.25) is 0 Å². The third-order valence-electron chi connectivity index (χ3n) is 3.60. The zero-order valence-electron chi connectivity index (χ0n) is 12.1. The number of thiophene rings is 1. The number of carbonyl (C=O) groups is 1. The largest absolute Gasteiger partial charge is 0.505 e. The van der Waals surface area contributed by atoms with E-state index in [0.29, 0.717) is 15.9 Å². The van der Waals surface area contributed by atoms with Crippen molar-refractivity contribution in [3.63, 3.8) is 0 Å². The van der Waals surface area contributed by atoms with Gasteiger partial charge >= 0.3 is 0 Å². The van der Waals surface area contributed by atoms with E-state index in [2.05, 4.69) is 5.32 Å². The summed E-state index contributed by atoms with van der Waals surface area (Å²) in [6.07, 6.45) is 0. The predicted molar refractivity (Wildman–Crippen MR) is 87.9 cm³/mol. The fourth-order valence-electron chi connectivity index (χ4n) is 2.34. The van der Waals surface area contributed by atoms with E-state index in [9.17, 15) is 14.7 Å². The zero-order chi connectivity index (χ0) is 15.9. The van der Waals surface area contributed by atoms with Crippen LogP contribution in [0, 0.1) is 6.92 Å². The van der Waals surface area contributed by atoms with Crippen molar-refractivity contribution in [3.05, 3.63) is 57.2 Å². The maximum absolute atomic E-state index is 12.4. The first-order valence-corrected chi connectivity index (χ1v) is 7.55. The summed E-state index contributed by atoms with van der Waals surface area (Å²) in [5.74, 6) is -0.873. The molecule has 6 heteroatoms. The fraction of sp³-hybridized carbons (Fsp3) is 0.125. The van der Waals surface area contributed by atoms with Gasteiger partial charge in [0.15, 0.2) is 5.75 Å². The second-order valence-corrected chi connectivity index (χ2v) is 5.91. The molecule has 1 amide bonds. The maximum Gasteiger partial charge on any atom is 0.267 e. The summed E-state index contributed by atoms with van der Waals surface area (Å²) in [7, 11) is 1.58. The number of benzene rings is 1. The number of nitrogens with zero attached hydrogens (tertiary/aromatic N) is 1. The summed E-state index contributed by atoms with van der Waals surface area (Å²) < 4.78 is 1.90. The van der Waals surface area contributed by atoms with Crippen LogP contribution < -0.4 is 10.9 Å². The number of aryl methyl sites for hydroxylation is 2. The molecule has 0 unspecified atom stereocenters. The molecule has 0 aliphatic carbocycles. The van der Waals surface area contributed by atoms with Crippen LogP contribution in [0.5, 0.6) is 5.75 Å². The van der Waals surface area contributed by atoms with Crippen molar-refractivity contribution in [1.82, 2.24) is 4.57 Å². The number of aromatic hydroxyl groups is 1. The Kier molecular flexibility index (Phi) is 3.46. The molecule has 2 aromatic heterocycles. The van der Waals surface area contributed by atoms with E-state index in [0.717, 1.165) is 5.56 Å². The molecule has 2 N–H and O–H groups in total. The van der Waals surface area contributed by atoms with E-state index in [4.69, 9.17) is 0 Å². The van der Waals surface area contributed by atoms with Crippen LogP contribution in [0.1, 0.15) is 15.9 Å². The molecule has 22 heavy (non-hydrogen) atoms. The Morgan fingerprint density at radius 1 is 1.27 bits per heavy atom. The molecule has 0 radical (unpaired) electrons. The number of aromatic nitrogens is 1. The highest BCUT2D eigenvalue weighted by Crippen LogP contribution is 2.31. The highest BCUT2D eigenvalue weighted by atomic mass is 32.1. The Labute approximate surface area is 130 Å². The number of rotatable bonds is 2. The average Bonchev–Trinajstić information content (AvgIpc) is 2.97. The van der Waals surface area contributed by atoms with Gasteiger partial charge in [-0.15, -0.1) is 11.3 Å².